The third-order valence-electron chi connectivity index (χ3n) is 3.84. The topological polar surface area (TPSA) is 21.3 Å². The Balaban J connectivity index is 2.57. The van der Waals surface area contributed by atoms with E-state index in [-0.39, 0.29) is 6.04 Å². The molecule has 0 fully saturated rings. The molecule has 0 saturated carbocycles. The van der Waals surface area contributed by atoms with Gasteiger partial charge in [-0.25, -0.2) is 0 Å². The van der Waals surface area contributed by atoms with Crippen molar-refractivity contribution in [1.82, 2.24) is 5.32 Å². The SMILES string of the molecule is CCCCCCCCC(NC)c1cc(Cl)c(OC)cc1Cl. The molecule has 1 atom stereocenters. The predicted molar refractivity (Wildman–Crippen MR) is 92.8 cm³/mol. The van der Waals surface area contributed by atoms with E-state index in [0.29, 0.717) is 15.8 Å². The molecule has 1 N–H and O–H groups in total. The maximum atomic E-state index is 6.36. The molecule has 21 heavy (non-hydrogen) atoms. The summed E-state index contributed by atoms with van der Waals surface area (Å²) < 4.78 is 5.19. The van der Waals surface area contributed by atoms with Crippen molar-refractivity contribution in [3.63, 3.8) is 0 Å². The van der Waals surface area contributed by atoms with E-state index in [0.717, 1.165) is 12.0 Å². The lowest BCUT2D eigenvalue weighted by Gasteiger charge is -2.19. The highest BCUT2D eigenvalue weighted by Crippen LogP contribution is 2.35. The highest BCUT2D eigenvalue weighted by atomic mass is 35.5. The fourth-order valence-corrected chi connectivity index (χ4v) is 3.09. The Kier molecular flexibility index (Phi) is 9.14. The number of unbranched alkanes of at least 4 members (excludes halogenated alkanes) is 5. The highest BCUT2D eigenvalue weighted by molar-refractivity contribution is 6.34. The van der Waals surface area contributed by atoms with Gasteiger partial charge in [0.1, 0.15) is 5.75 Å². The van der Waals surface area contributed by atoms with Crippen molar-refractivity contribution >= 4 is 23.2 Å². The van der Waals surface area contributed by atoms with Gasteiger partial charge >= 0.3 is 0 Å². The maximum Gasteiger partial charge on any atom is 0.138 e. The molecular weight excluding hydrogens is 305 g/mol. The molecule has 0 aliphatic carbocycles. The zero-order valence-corrected chi connectivity index (χ0v) is 14.9. The molecule has 0 radical (unpaired) electrons. The normalized spacial score (nSPS) is 12.4. The van der Waals surface area contributed by atoms with Crippen LogP contribution in [0.4, 0.5) is 0 Å². The Morgan fingerprint density at radius 1 is 1.05 bits per heavy atom. The number of rotatable bonds is 10. The molecule has 1 rings (SSSR count). The van der Waals surface area contributed by atoms with Crippen molar-refractivity contribution in [3.05, 3.63) is 27.7 Å². The first-order chi connectivity index (χ1) is 10.1. The third-order valence-corrected chi connectivity index (χ3v) is 4.46. The summed E-state index contributed by atoms with van der Waals surface area (Å²) in [6.45, 7) is 2.24. The van der Waals surface area contributed by atoms with Crippen LogP contribution in [0.2, 0.25) is 10.0 Å². The maximum absolute atomic E-state index is 6.36. The van der Waals surface area contributed by atoms with Crippen molar-refractivity contribution < 1.29 is 4.74 Å². The summed E-state index contributed by atoms with van der Waals surface area (Å²) in [7, 11) is 3.57. The molecule has 1 aromatic rings. The second kappa shape index (κ2) is 10.3. The molecule has 1 unspecified atom stereocenters. The van der Waals surface area contributed by atoms with Crippen LogP contribution in [-0.2, 0) is 0 Å². The standard InChI is InChI=1S/C17H27Cl2NO/c1-4-5-6-7-8-9-10-16(20-2)13-11-15(19)17(21-3)12-14(13)18/h11-12,16,20H,4-10H2,1-3H3. The summed E-state index contributed by atoms with van der Waals surface area (Å²) in [5.74, 6) is 0.625. The van der Waals surface area contributed by atoms with Crippen LogP contribution in [0.1, 0.15) is 63.5 Å². The van der Waals surface area contributed by atoms with Crippen molar-refractivity contribution in [1.29, 1.82) is 0 Å². The summed E-state index contributed by atoms with van der Waals surface area (Å²) in [6, 6.07) is 3.96. The number of hydrogen-bond acceptors (Lipinski definition) is 2. The van der Waals surface area contributed by atoms with Gasteiger partial charge in [-0.05, 0) is 25.1 Å². The number of nitrogens with one attached hydrogen (secondary N) is 1. The van der Waals surface area contributed by atoms with Gasteiger partial charge in [-0.1, -0.05) is 68.7 Å². The van der Waals surface area contributed by atoms with Gasteiger partial charge in [0, 0.05) is 17.1 Å². The second-order valence-corrected chi connectivity index (χ2v) is 6.22. The minimum atomic E-state index is 0.243. The first kappa shape index (κ1) is 18.6. The smallest absolute Gasteiger partial charge is 0.138 e. The highest BCUT2D eigenvalue weighted by Gasteiger charge is 2.15. The zero-order chi connectivity index (χ0) is 15.7. The van der Waals surface area contributed by atoms with Crippen LogP contribution >= 0.6 is 23.2 Å². The van der Waals surface area contributed by atoms with Crippen molar-refractivity contribution in [2.45, 2.75) is 57.9 Å². The first-order valence-electron chi connectivity index (χ1n) is 7.84. The monoisotopic (exact) mass is 331 g/mol. The molecule has 1 aromatic carbocycles. The van der Waals surface area contributed by atoms with Crippen molar-refractivity contribution in [2.75, 3.05) is 14.2 Å². The van der Waals surface area contributed by atoms with Gasteiger partial charge in [-0.2, -0.15) is 0 Å². The van der Waals surface area contributed by atoms with Crippen LogP contribution in [0, 0.1) is 0 Å². The molecule has 120 valence electrons. The molecule has 0 aromatic heterocycles. The summed E-state index contributed by atoms with van der Waals surface area (Å²) in [5.41, 5.74) is 1.05. The number of methoxy groups -OCH3 is 1. The largest absolute Gasteiger partial charge is 0.495 e. The number of benzene rings is 1. The predicted octanol–water partition coefficient (Wildman–Crippen LogP) is 6.01. The van der Waals surface area contributed by atoms with Gasteiger partial charge in [-0.3, -0.25) is 0 Å². The molecule has 0 saturated heterocycles. The Hall–Kier alpha value is -0.440. The van der Waals surface area contributed by atoms with E-state index in [1.54, 1.807) is 13.2 Å². The van der Waals surface area contributed by atoms with Crippen LogP contribution in [0.5, 0.6) is 5.75 Å². The first-order valence-corrected chi connectivity index (χ1v) is 8.59. The Labute approximate surface area is 139 Å². The van der Waals surface area contributed by atoms with Gasteiger partial charge in [-0.15, -0.1) is 0 Å². The number of hydrogen-bond donors (Lipinski definition) is 1. The van der Waals surface area contributed by atoms with Gasteiger partial charge < -0.3 is 10.1 Å². The van der Waals surface area contributed by atoms with Crippen LogP contribution in [0.15, 0.2) is 12.1 Å². The third kappa shape index (κ3) is 6.06. The zero-order valence-electron chi connectivity index (χ0n) is 13.3. The molecule has 0 heterocycles. The molecule has 0 aliphatic heterocycles. The minimum Gasteiger partial charge on any atom is -0.495 e. The van der Waals surface area contributed by atoms with Crippen LogP contribution in [0.25, 0.3) is 0 Å². The number of halogens is 2. The van der Waals surface area contributed by atoms with E-state index >= 15 is 0 Å². The number of ether oxygens (including phenoxy) is 1. The quantitative estimate of drug-likeness (QED) is 0.530. The van der Waals surface area contributed by atoms with Gasteiger partial charge in [0.2, 0.25) is 0 Å². The average molecular weight is 332 g/mol. The Bertz CT molecular complexity index is 423. The molecule has 0 amide bonds. The minimum absolute atomic E-state index is 0.243. The van der Waals surface area contributed by atoms with Gasteiger partial charge in [0.25, 0.3) is 0 Å². The van der Waals surface area contributed by atoms with Crippen LogP contribution < -0.4 is 10.1 Å². The fourth-order valence-electron chi connectivity index (χ4n) is 2.55. The molecular formula is C17H27Cl2NO. The lowest BCUT2D eigenvalue weighted by atomic mass is 9.99. The average Bonchev–Trinajstić information content (AvgIpc) is 2.49. The molecule has 4 heteroatoms. The van der Waals surface area contributed by atoms with Crippen molar-refractivity contribution in [3.8, 4) is 5.75 Å². The lowest BCUT2D eigenvalue weighted by molar-refractivity contribution is 0.414. The molecule has 0 spiro atoms. The van der Waals surface area contributed by atoms with Gasteiger partial charge in [0.15, 0.2) is 0 Å². The second-order valence-electron chi connectivity index (χ2n) is 5.41. The van der Waals surface area contributed by atoms with Crippen molar-refractivity contribution in [2.24, 2.45) is 0 Å². The fraction of sp³-hybridized carbons (Fsp3) is 0.647. The van der Waals surface area contributed by atoms with E-state index < -0.39 is 0 Å². The Morgan fingerprint density at radius 2 is 1.71 bits per heavy atom. The van der Waals surface area contributed by atoms with E-state index in [9.17, 15) is 0 Å². The molecule has 2 nitrogen and oxygen atoms in total. The molecule has 0 bridgehead atoms. The molecule has 0 aliphatic rings. The summed E-state index contributed by atoms with van der Waals surface area (Å²) in [4.78, 5) is 0. The summed E-state index contributed by atoms with van der Waals surface area (Å²) >= 11 is 12.6. The van der Waals surface area contributed by atoms with Gasteiger partial charge in [0.05, 0.1) is 12.1 Å². The van der Waals surface area contributed by atoms with E-state index in [4.69, 9.17) is 27.9 Å². The summed E-state index contributed by atoms with van der Waals surface area (Å²) in [5, 5.41) is 4.66. The van der Waals surface area contributed by atoms with Crippen LogP contribution in [0.3, 0.4) is 0 Å². The lowest BCUT2D eigenvalue weighted by Crippen LogP contribution is -2.16. The summed E-state index contributed by atoms with van der Waals surface area (Å²) in [6.07, 6.45) is 8.85. The van der Waals surface area contributed by atoms with E-state index in [2.05, 4.69) is 12.2 Å². The van der Waals surface area contributed by atoms with E-state index in [1.165, 1.54) is 38.5 Å². The van der Waals surface area contributed by atoms with E-state index in [1.807, 2.05) is 13.1 Å². The van der Waals surface area contributed by atoms with Crippen LogP contribution in [-0.4, -0.2) is 14.2 Å². The Morgan fingerprint density at radius 3 is 2.33 bits per heavy atom.